The highest BCUT2D eigenvalue weighted by atomic mass is 32.1. The number of tetrazole rings is 1. The number of amides is 1. The van der Waals surface area contributed by atoms with E-state index in [1.807, 2.05) is 56.5 Å². The second-order valence-electron chi connectivity index (χ2n) is 7.32. The highest BCUT2D eigenvalue weighted by Gasteiger charge is 2.16. The monoisotopic (exact) mass is 434 g/mol. The maximum absolute atomic E-state index is 12.9. The van der Waals surface area contributed by atoms with Gasteiger partial charge >= 0.3 is 0 Å². The molecule has 0 fully saturated rings. The number of thiazole rings is 1. The van der Waals surface area contributed by atoms with Crippen molar-refractivity contribution in [3.8, 4) is 28.4 Å². The van der Waals surface area contributed by atoms with Gasteiger partial charge in [-0.25, -0.2) is 9.67 Å². The normalized spacial score (nSPS) is 11.0. The zero-order chi connectivity index (χ0) is 22.0. The number of aromatic nitrogens is 5. The van der Waals surface area contributed by atoms with E-state index in [4.69, 9.17) is 4.74 Å². The Morgan fingerprint density at radius 2 is 2.03 bits per heavy atom. The number of benzene rings is 2. The lowest BCUT2D eigenvalue weighted by atomic mass is 10.1. The lowest BCUT2D eigenvalue weighted by Gasteiger charge is -2.09. The Morgan fingerprint density at radius 1 is 1.19 bits per heavy atom. The largest absolute Gasteiger partial charge is 0.496 e. The molecule has 0 aliphatic rings. The molecule has 0 unspecified atom stereocenters. The molecule has 0 radical (unpaired) electrons. The van der Waals surface area contributed by atoms with E-state index in [0.717, 1.165) is 28.1 Å². The van der Waals surface area contributed by atoms with Crippen molar-refractivity contribution in [3.63, 3.8) is 0 Å². The first-order valence-corrected chi connectivity index (χ1v) is 10.6. The van der Waals surface area contributed by atoms with Gasteiger partial charge in [-0.3, -0.25) is 10.1 Å². The van der Waals surface area contributed by atoms with E-state index in [1.54, 1.807) is 23.9 Å². The summed E-state index contributed by atoms with van der Waals surface area (Å²) in [6.07, 6.45) is 0. The van der Waals surface area contributed by atoms with Crippen molar-refractivity contribution in [1.29, 1.82) is 0 Å². The summed E-state index contributed by atoms with van der Waals surface area (Å²) >= 11 is 1.37. The third-order valence-electron chi connectivity index (χ3n) is 4.72. The van der Waals surface area contributed by atoms with Gasteiger partial charge in [0.05, 0.1) is 18.8 Å². The number of carbonyl (C=O) groups excluding carboxylic acids is 1. The van der Waals surface area contributed by atoms with Crippen LogP contribution in [0, 0.1) is 6.92 Å². The smallest absolute Gasteiger partial charge is 0.257 e. The van der Waals surface area contributed by atoms with Gasteiger partial charge in [0, 0.05) is 22.1 Å². The number of hydrogen-bond acceptors (Lipinski definition) is 7. The van der Waals surface area contributed by atoms with Crippen LogP contribution in [0.25, 0.3) is 22.6 Å². The Kier molecular flexibility index (Phi) is 5.77. The lowest BCUT2D eigenvalue weighted by molar-refractivity contribution is 0.102. The highest BCUT2D eigenvalue weighted by molar-refractivity contribution is 7.14. The second kappa shape index (κ2) is 8.65. The second-order valence-corrected chi connectivity index (χ2v) is 8.18. The van der Waals surface area contributed by atoms with E-state index in [2.05, 4.69) is 25.8 Å². The van der Waals surface area contributed by atoms with Crippen LogP contribution >= 0.6 is 11.3 Å². The Morgan fingerprint density at radius 3 is 2.81 bits per heavy atom. The van der Waals surface area contributed by atoms with Gasteiger partial charge in [-0.1, -0.05) is 23.8 Å². The van der Waals surface area contributed by atoms with Crippen molar-refractivity contribution >= 4 is 22.4 Å². The van der Waals surface area contributed by atoms with Crippen LogP contribution in [-0.2, 0) is 0 Å². The molecular formula is C22H22N6O2S. The Labute approximate surface area is 183 Å². The fourth-order valence-corrected chi connectivity index (χ4v) is 3.88. The summed E-state index contributed by atoms with van der Waals surface area (Å²) in [6, 6.07) is 13.2. The van der Waals surface area contributed by atoms with Gasteiger partial charge in [-0.05, 0) is 55.5 Å². The number of anilines is 1. The van der Waals surface area contributed by atoms with Crippen LogP contribution in [-0.4, -0.2) is 38.2 Å². The maximum Gasteiger partial charge on any atom is 0.257 e. The number of nitrogens with one attached hydrogen (secondary N) is 1. The SMILES string of the molecule is COc1ccc(C)cc1-c1csc(NC(=O)c2cccc(-c3nnnn3C(C)C)c2)n1. The van der Waals surface area contributed by atoms with E-state index >= 15 is 0 Å². The molecular weight excluding hydrogens is 412 g/mol. The Bertz CT molecular complexity index is 1230. The molecule has 4 aromatic rings. The zero-order valence-corrected chi connectivity index (χ0v) is 18.5. The maximum atomic E-state index is 12.9. The molecule has 0 saturated heterocycles. The molecule has 0 bridgehead atoms. The van der Waals surface area contributed by atoms with Crippen LogP contribution < -0.4 is 10.1 Å². The molecule has 2 aromatic carbocycles. The predicted molar refractivity (Wildman–Crippen MR) is 120 cm³/mol. The van der Waals surface area contributed by atoms with Crippen LogP contribution in [0.4, 0.5) is 5.13 Å². The number of nitrogens with zero attached hydrogens (tertiary/aromatic N) is 5. The van der Waals surface area contributed by atoms with Crippen LogP contribution in [0.1, 0.15) is 35.8 Å². The molecule has 9 heteroatoms. The molecule has 0 aliphatic carbocycles. The number of carbonyl (C=O) groups is 1. The van der Waals surface area contributed by atoms with Gasteiger partial charge in [0.25, 0.3) is 5.91 Å². The summed E-state index contributed by atoms with van der Waals surface area (Å²) in [5.74, 6) is 1.11. The molecule has 0 aliphatic heterocycles. The van der Waals surface area contributed by atoms with Gasteiger partial charge in [0.1, 0.15) is 5.75 Å². The number of ether oxygens (including phenoxy) is 1. The molecule has 31 heavy (non-hydrogen) atoms. The fraction of sp³-hybridized carbons (Fsp3) is 0.227. The van der Waals surface area contributed by atoms with Gasteiger partial charge in [-0.15, -0.1) is 16.4 Å². The Balaban J connectivity index is 1.56. The third kappa shape index (κ3) is 4.31. The predicted octanol–water partition coefficient (Wildman–Crippen LogP) is 4.61. The van der Waals surface area contributed by atoms with Crippen molar-refractivity contribution in [2.24, 2.45) is 0 Å². The summed E-state index contributed by atoms with van der Waals surface area (Å²) in [4.78, 5) is 17.4. The minimum Gasteiger partial charge on any atom is -0.496 e. The summed E-state index contributed by atoms with van der Waals surface area (Å²) in [7, 11) is 1.63. The van der Waals surface area contributed by atoms with Crippen LogP contribution in [0.5, 0.6) is 5.75 Å². The van der Waals surface area contributed by atoms with E-state index in [0.29, 0.717) is 16.5 Å². The van der Waals surface area contributed by atoms with Gasteiger partial charge < -0.3 is 4.74 Å². The molecule has 1 N–H and O–H groups in total. The van der Waals surface area contributed by atoms with Gasteiger partial charge in [0.15, 0.2) is 11.0 Å². The molecule has 8 nitrogen and oxygen atoms in total. The summed E-state index contributed by atoms with van der Waals surface area (Å²) in [6.45, 7) is 6.01. The quantitative estimate of drug-likeness (QED) is 0.476. The molecule has 2 aromatic heterocycles. The first-order chi connectivity index (χ1) is 15.0. The standard InChI is InChI=1S/C22H22N6O2S/c1-13(2)28-20(25-26-27-28)15-6-5-7-16(11-15)21(29)24-22-23-18(12-31-22)17-10-14(3)8-9-19(17)30-4/h5-13H,1-4H3,(H,23,24,29). The van der Waals surface area contributed by atoms with E-state index in [9.17, 15) is 4.79 Å². The van der Waals surface area contributed by atoms with Crippen molar-refractivity contribution in [2.75, 3.05) is 12.4 Å². The number of rotatable bonds is 6. The average molecular weight is 435 g/mol. The third-order valence-corrected chi connectivity index (χ3v) is 5.48. The van der Waals surface area contributed by atoms with Crippen LogP contribution in [0.3, 0.4) is 0 Å². The molecule has 158 valence electrons. The van der Waals surface area contributed by atoms with Crippen LogP contribution in [0.15, 0.2) is 47.8 Å². The summed E-state index contributed by atoms with van der Waals surface area (Å²) in [5, 5.41) is 17.2. The first-order valence-electron chi connectivity index (χ1n) is 9.76. The van der Waals surface area contributed by atoms with Gasteiger partial charge in [0.2, 0.25) is 0 Å². The molecule has 1 amide bonds. The van der Waals surface area contributed by atoms with E-state index in [1.165, 1.54) is 11.3 Å². The molecule has 0 spiro atoms. The van der Waals surface area contributed by atoms with E-state index in [-0.39, 0.29) is 11.9 Å². The fourth-order valence-electron chi connectivity index (χ4n) is 3.18. The minimum absolute atomic E-state index is 0.106. The van der Waals surface area contributed by atoms with Crippen molar-refractivity contribution in [2.45, 2.75) is 26.8 Å². The number of hydrogen-bond donors (Lipinski definition) is 1. The van der Waals surface area contributed by atoms with Crippen LogP contribution in [0.2, 0.25) is 0 Å². The average Bonchev–Trinajstić information content (AvgIpc) is 3.44. The zero-order valence-electron chi connectivity index (χ0n) is 17.7. The number of aryl methyl sites for hydroxylation is 1. The van der Waals surface area contributed by atoms with Crippen molar-refractivity contribution in [1.82, 2.24) is 25.2 Å². The minimum atomic E-state index is -0.248. The van der Waals surface area contributed by atoms with Crippen molar-refractivity contribution in [3.05, 3.63) is 59.0 Å². The molecule has 4 rings (SSSR count). The summed E-state index contributed by atoms with van der Waals surface area (Å²) in [5.41, 5.74) is 4.03. The number of methoxy groups -OCH3 is 1. The lowest BCUT2D eigenvalue weighted by Crippen LogP contribution is -2.12. The summed E-state index contributed by atoms with van der Waals surface area (Å²) < 4.78 is 7.17. The molecule has 0 atom stereocenters. The highest BCUT2D eigenvalue weighted by Crippen LogP contribution is 2.33. The molecule has 0 saturated carbocycles. The molecule has 2 heterocycles. The van der Waals surface area contributed by atoms with E-state index < -0.39 is 0 Å². The Hall–Kier alpha value is -3.59. The van der Waals surface area contributed by atoms with Gasteiger partial charge in [-0.2, -0.15) is 0 Å². The van der Waals surface area contributed by atoms with Crippen molar-refractivity contribution < 1.29 is 9.53 Å². The first kappa shape index (κ1) is 20.7. The topological polar surface area (TPSA) is 94.8 Å².